The number of carbonyl (C=O) groups excluding carboxylic acids is 1. The molecule has 0 atom stereocenters. The molecule has 0 aliphatic rings. The summed E-state index contributed by atoms with van der Waals surface area (Å²) in [6.07, 6.45) is 3.63. The summed E-state index contributed by atoms with van der Waals surface area (Å²) in [6.45, 7) is 8.85. The van der Waals surface area contributed by atoms with Crippen molar-refractivity contribution in [2.45, 2.75) is 0 Å². The van der Waals surface area contributed by atoms with Crippen molar-refractivity contribution in [3.8, 4) is 0 Å². The van der Waals surface area contributed by atoms with Crippen LogP contribution in [-0.4, -0.2) is 62.0 Å². The van der Waals surface area contributed by atoms with Crippen molar-refractivity contribution in [3.63, 3.8) is 0 Å². The summed E-state index contributed by atoms with van der Waals surface area (Å²) in [5, 5.41) is 6.25. The van der Waals surface area contributed by atoms with Gasteiger partial charge in [0.25, 0.3) is 0 Å². The number of carbonyl (C=O) groups is 1. The molecule has 0 aromatic rings. The van der Waals surface area contributed by atoms with Crippen LogP contribution in [0.3, 0.4) is 0 Å². The smallest absolute Gasteiger partial charge is 0.243 e. The number of nitrogens with zero attached hydrogens (tertiary/aromatic N) is 2. The van der Waals surface area contributed by atoms with Crippen LogP contribution in [0, 0.1) is 0 Å². The third-order valence-corrected chi connectivity index (χ3v) is 3.02. The second-order valence-electron chi connectivity index (χ2n) is 3.91. The first kappa shape index (κ1) is 17.6. The number of guanidine groups is 1. The van der Waals surface area contributed by atoms with Gasteiger partial charge < -0.3 is 15.5 Å². The number of amides is 1. The predicted octanol–water partition coefficient (Wildman–Crippen LogP) is 0.715. The fraction of sp³-hybridized carbons (Fsp3) is 0.538. The topological polar surface area (TPSA) is 56.7 Å². The van der Waals surface area contributed by atoms with E-state index in [4.69, 9.17) is 0 Å². The molecule has 0 fully saturated rings. The highest BCUT2D eigenvalue weighted by Gasteiger charge is 2.03. The average Bonchev–Trinajstić information content (AvgIpc) is 2.40. The first-order chi connectivity index (χ1) is 9.11. The fourth-order valence-electron chi connectivity index (χ4n) is 1.04. The minimum atomic E-state index is -0.0271. The molecule has 0 unspecified atom stereocenters. The van der Waals surface area contributed by atoms with Crippen LogP contribution in [0.2, 0.25) is 0 Å². The monoisotopic (exact) mass is 284 g/mol. The van der Waals surface area contributed by atoms with Gasteiger partial charge in [-0.05, 0) is 0 Å². The molecule has 0 aliphatic carbocycles. The zero-order valence-electron chi connectivity index (χ0n) is 11.8. The largest absolute Gasteiger partial charge is 0.356 e. The van der Waals surface area contributed by atoms with E-state index in [1.807, 2.05) is 6.08 Å². The molecule has 0 aliphatic heterocycles. The Balaban J connectivity index is 4.13. The molecule has 0 aromatic heterocycles. The van der Waals surface area contributed by atoms with Gasteiger partial charge in [0.1, 0.15) is 6.54 Å². The lowest BCUT2D eigenvalue weighted by Gasteiger charge is -2.12. The normalized spacial score (nSPS) is 10.7. The van der Waals surface area contributed by atoms with Gasteiger partial charge in [-0.25, -0.2) is 4.99 Å². The van der Waals surface area contributed by atoms with Crippen LogP contribution in [-0.2, 0) is 4.79 Å². The molecule has 0 radical (unpaired) electrons. The van der Waals surface area contributed by atoms with Crippen molar-refractivity contribution in [3.05, 3.63) is 25.3 Å². The second-order valence-corrected chi connectivity index (χ2v) is 5.06. The lowest BCUT2D eigenvalue weighted by Crippen LogP contribution is -2.39. The molecule has 0 heterocycles. The van der Waals surface area contributed by atoms with E-state index < -0.39 is 0 Å². The molecule has 2 N–H and O–H groups in total. The van der Waals surface area contributed by atoms with Crippen molar-refractivity contribution in [1.82, 2.24) is 15.5 Å². The van der Waals surface area contributed by atoms with E-state index >= 15 is 0 Å². The van der Waals surface area contributed by atoms with Crippen LogP contribution in [0.4, 0.5) is 0 Å². The van der Waals surface area contributed by atoms with Gasteiger partial charge >= 0.3 is 0 Å². The van der Waals surface area contributed by atoms with Crippen LogP contribution in [0.25, 0.3) is 0 Å². The number of hydrogen-bond donors (Lipinski definition) is 2. The number of nitrogens with one attached hydrogen (secondary N) is 2. The Hall–Kier alpha value is -1.43. The number of thioether (sulfide) groups is 1. The van der Waals surface area contributed by atoms with E-state index in [2.05, 4.69) is 28.8 Å². The van der Waals surface area contributed by atoms with Gasteiger partial charge in [-0.3, -0.25) is 4.79 Å². The average molecular weight is 284 g/mol. The first-order valence-electron chi connectivity index (χ1n) is 6.13. The van der Waals surface area contributed by atoms with Crippen LogP contribution < -0.4 is 10.6 Å². The van der Waals surface area contributed by atoms with Gasteiger partial charge in [-0.1, -0.05) is 12.2 Å². The Bertz CT molecular complexity index is 316. The Morgan fingerprint density at radius 1 is 1.32 bits per heavy atom. The zero-order valence-corrected chi connectivity index (χ0v) is 12.6. The van der Waals surface area contributed by atoms with Crippen molar-refractivity contribution >= 4 is 23.6 Å². The molecular weight excluding hydrogens is 260 g/mol. The SMILES string of the molecule is C=CCNC(=NCC(=O)N(C)C)NCCSCC=C. The zero-order chi connectivity index (χ0) is 14.5. The Morgan fingerprint density at radius 3 is 2.63 bits per heavy atom. The third kappa shape index (κ3) is 10.2. The van der Waals surface area contributed by atoms with Crippen LogP contribution >= 0.6 is 11.8 Å². The van der Waals surface area contributed by atoms with E-state index in [-0.39, 0.29) is 12.5 Å². The molecule has 108 valence electrons. The summed E-state index contributed by atoms with van der Waals surface area (Å²) in [6, 6.07) is 0. The van der Waals surface area contributed by atoms with E-state index in [0.29, 0.717) is 12.5 Å². The van der Waals surface area contributed by atoms with E-state index in [1.165, 1.54) is 4.90 Å². The fourth-order valence-corrected chi connectivity index (χ4v) is 1.62. The van der Waals surface area contributed by atoms with Crippen molar-refractivity contribution in [2.75, 3.05) is 45.2 Å². The Morgan fingerprint density at radius 2 is 2.05 bits per heavy atom. The highest BCUT2D eigenvalue weighted by atomic mass is 32.2. The molecule has 0 bridgehead atoms. The highest BCUT2D eigenvalue weighted by Crippen LogP contribution is 1.96. The van der Waals surface area contributed by atoms with Crippen molar-refractivity contribution < 1.29 is 4.79 Å². The minimum Gasteiger partial charge on any atom is -0.356 e. The number of aliphatic imine (C=N–C) groups is 1. The summed E-state index contributed by atoms with van der Waals surface area (Å²) in [7, 11) is 3.43. The molecule has 0 rings (SSSR count). The lowest BCUT2D eigenvalue weighted by molar-refractivity contribution is -0.127. The molecule has 0 spiro atoms. The highest BCUT2D eigenvalue weighted by molar-refractivity contribution is 7.99. The Labute approximate surface area is 120 Å². The first-order valence-corrected chi connectivity index (χ1v) is 7.29. The van der Waals surface area contributed by atoms with Crippen molar-refractivity contribution in [1.29, 1.82) is 0 Å². The molecule has 0 aromatic carbocycles. The van der Waals surface area contributed by atoms with Crippen molar-refractivity contribution in [2.24, 2.45) is 4.99 Å². The second kappa shape index (κ2) is 11.6. The van der Waals surface area contributed by atoms with E-state index in [9.17, 15) is 4.79 Å². The van der Waals surface area contributed by atoms with Gasteiger partial charge in [0, 0.05) is 38.7 Å². The maximum Gasteiger partial charge on any atom is 0.243 e. The summed E-state index contributed by atoms with van der Waals surface area (Å²) >= 11 is 1.79. The van der Waals surface area contributed by atoms with E-state index in [0.717, 1.165) is 18.1 Å². The van der Waals surface area contributed by atoms with Gasteiger partial charge in [0.15, 0.2) is 5.96 Å². The minimum absolute atomic E-state index is 0.0271. The molecule has 19 heavy (non-hydrogen) atoms. The van der Waals surface area contributed by atoms with Crippen LogP contribution in [0.1, 0.15) is 0 Å². The standard InChI is InChI=1S/C13H24N4OS/c1-5-7-14-13(15-8-10-19-9-6-2)16-11-12(18)17(3)4/h5-6H,1-2,7-11H2,3-4H3,(H2,14,15,16). The molecular formula is C13H24N4OS. The van der Waals surface area contributed by atoms with Gasteiger partial charge in [-0.15, -0.1) is 13.2 Å². The molecule has 0 saturated carbocycles. The number of hydrogen-bond acceptors (Lipinski definition) is 3. The number of rotatable bonds is 9. The maximum atomic E-state index is 11.5. The van der Waals surface area contributed by atoms with E-state index in [1.54, 1.807) is 31.9 Å². The maximum absolute atomic E-state index is 11.5. The summed E-state index contributed by atoms with van der Waals surface area (Å²) in [5.74, 6) is 2.51. The predicted molar refractivity (Wildman–Crippen MR) is 84.7 cm³/mol. The summed E-state index contributed by atoms with van der Waals surface area (Å²) in [5.41, 5.74) is 0. The summed E-state index contributed by atoms with van der Waals surface area (Å²) < 4.78 is 0. The summed E-state index contributed by atoms with van der Waals surface area (Å²) in [4.78, 5) is 17.2. The van der Waals surface area contributed by atoms with Gasteiger partial charge in [0.05, 0.1) is 0 Å². The Kier molecular flexibility index (Phi) is 10.8. The van der Waals surface area contributed by atoms with Crippen LogP contribution in [0.15, 0.2) is 30.3 Å². The van der Waals surface area contributed by atoms with Crippen LogP contribution in [0.5, 0.6) is 0 Å². The molecule has 1 amide bonds. The molecule has 0 saturated heterocycles. The lowest BCUT2D eigenvalue weighted by atomic mass is 10.5. The number of likely N-dealkylation sites (N-methyl/N-ethyl adjacent to an activating group) is 1. The van der Waals surface area contributed by atoms with Gasteiger partial charge in [-0.2, -0.15) is 11.8 Å². The molecule has 6 heteroatoms. The third-order valence-electron chi connectivity index (χ3n) is 2.06. The quantitative estimate of drug-likeness (QED) is 0.283. The van der Waals surface area contributed by atoms with Gasteiger partial charge in [0.2, 0.25) is 5.91 Å². The molecule has 5 nitrogen and oxygen atoms in total.